The summed E-state index contributed by atoms with van der Waals surface area (Å²) >= 11 is 0. The Bertz CT molecular complexity index is 982. The molecule has 3 rings (SSSR count). The van der Waals surface area contributed by atoms with Crippen LogP contribution in [0.3, 0.4) is 0 Å². The fourth-order valence-electron chi connectivity index (χ4n) is 4.03. The third kappa shape index (κ3) is 8.29. The highest BCUT2D eigenvalue weighted by Crippen LogP contribution is 2.28. The minimum atomic E-state index is -0.219. The third-order valence-electron chi connectivity index (χ3n) is 6.00. The summed E-state index contributed by atoms with van der Waals surface area (Å²) in [7, 11) is 0. The molecule has 2 amide bonds. The Balaban J connectivity index is 1.35. The largest absolute Gasteiger partial charge is 0.494 e. The van der Waals surface area contributed by atoms with Crippen LogP contribution in [-0.2, 0) is 9.53 Å². The quantitative estimate of drug-likeness (QED) is 0.338. The molecule has 0 heterocycles. The van der Waals surface area contributed by atoms with Crippen molar-refractivity contribution in [2.45, 2.75) is 52.1 Å². The number of carbonyl (C=O) groups excluding carboxylic acids is 3. The molecule has 0 saturated heterocycles. The highest BCUT2D eigenvalue weighted by molar-refractivity contribution is 5.95. The number of ether oxygens (including phenoxy) is 3. The van der Waals surface area contributed by atoms with Gasteiger partial charge in [0.25, 0.3) is 11.8 Å². The molecule has 0 unspecified atom stereocenters. The lowest BCUT2D eigenvalue weighted by Crippen LogP contribution is -2.34. The van der Waals surface area contributed by atoms with Gasteiger partial charge in [0.05, 0.1) is 25.2 Å². The lowest BCUT2D eigenvalue weighted by Gasteiger charge is -2.27. The van der Waals surface area contributed by atoms with Crippen molar-refractivity contribution in [1.82, 2.24) is 10.6 Å². The number of nitrogens with one attached hydrogen (secondary N) is 2. The molecule has 0 atom stereocenters. The molecule has 2 aromatic rings. The Morgan fingerprint density at radius 1 is 0.778 bits per heavy atom. The van der Waals surface area contributed by atoms with Gasteiger partial charge in [-0.15, -0.1) is 0 Å². The monoisotopic (exact) mass is 496 g/mol. The number of amides is 2. The summed E-state index contributed by atoms with van der Waals surface area (Å²) in [5, 5.41) is 5.60. The molecule has 36 heavy (non-hydrogen) atoms. The second-order valence-electron chi connectivity index (χ2n) is 8.75. The molecule has 8 nitrogen and oxygen atoms in total. The molecule has 0 aliphatic heterocycles. The number of benzene rings is 2. The van der Waals surface area contributed by atoms with Crippen LogP contribution < -0.4 is 20.1 Å². The van der Waals surface area contributed by atoms with Crippen LogP contribution in [0, 0.1) is 5.92 Å². The summed E-state index contributed by atoms with van der Waals surface area (Å²) in [6, 6.07) is 14.0. The maximum absolute atomic E-state index is 12.4. The van der Waals surface area contributed by atoms with Crippen LogP contribution in [0.15, 0.2) is 48.5 Å². The first kappa shape index (κ1) is 27.0. The van der Waals surface area contributed by atoms with Gasteiger partial charge < -0.3 is 24.8 Å². The number of hydrogen-bond donors (Lipinski definition) is 2. The van der Waals surface area contributed by atoms with Gasteiger partial charge in [-0.3, -0.25) is 14.4 Å². The van der Waals surface area contributed by atoms with Gasteiger partial charge in [-0.05, 0) is 87.6 Å². The van der Waals surface area contributed by atoms with E-state index in [1.807, 2.05) is 13.8 Å². The molecule has 1 saturated carbocycles. The highest BCUT2D eigenvalue weighted by atomic mass is 16.5. The summed E-state index contributed by atoms with van der Waals surface area (Å²) in [6.07, 6.45) is 4.10. The van der Waals surface area contributed by atoms with E-state index < -0.39 is 0 Å². The molecule has 8 heteroatoms. The fourth-order valence-corrected chi connectivity index (χ4v) is 4.03. The van der Waals surface area contributed by atoms with Gasteiger partial charge >= 0.3 is 5.97 Å². The van der Waals surface area contributed by atoms with Crippen LogP contribution in [0.5, 0.6) is 11.5 Å². The first-order valence-corrected chi connectivity index (χ1v) is 12.7. The van der Waals surface area contributed by atoms with E-state index in [4.69, 9.17) is 14.2 Å². The normalized spacial score (nSPS) is 17.1. The highest BCUT2D eigenvalue weighted by Gasteiger charge is 2.28. The number of carbonyl (C=O) groups is 3. The van der Waals surface area contributed by atoms with Crippen LogP contribution in [0.25, 0.3) is 0 Å². The van der Waals surface area contributed by atoms with E-state index >= 15 is 0 Å². The number of hydrogen-bond acceptors (Lipinski definition) is 6. The van der Waals surface area contributed by atoms with E-state index in [-0.39, 0.29) is 29.8 Å². The molecular weight excluding hydrogens is 460 g/mol. The van der Waals surface area contributed by atoms with Gasteiger partial charge in [0, 0.05) is 24.2 Å². The van der Waals surface area contributed by atoms with Gasteiger partial charge in [-0.1, -0.05) is 6.92 Å². The molecule has 2 N–H and O–H groups in total. The summed E-state index contributed by atoms with van der Waals surface area (Å²) in [5.74, 6) is 0.860. The second kappa shape index (κ2) is 14.1. The van der Waals surface area contributed by atoms with E-state index in [1.165, 1.54) is 0 Å². The average molecular weight is 497 g/mol. The summed E-state index contributed by atoms with van der Waals surface area (Å²) in [5.41, 5.74) is 1.05. The van der Waals surface area contributed by atoms with Crippen molar-refractivity contribution in [3.8, 4) is 11.5 Å². The Morgan fingerprint density at radius 3 is 1.81 bits per heavy atom. The van der Waals surface area contributed by atoms with Gasteiger partial charge in [0.15, 0.2) is 0 Å². The summed E-state index contributed by atoms with van der Waals surface area (Å²) in [6.45, 7) is 5.53. The molecule has 0 bridgehead atoms. The van der Waals surface area contributed by atoms with Crippen molar-refractivity contribution >= 4 is 17.8 Å². The predicted octanol–water partition coefficient (Wildman–Crippen LogP) is 4.14. The average Bonchev–Trinajstić information content (AvgIpc) is 2.91. The van der Waals surface area contributed by atoms with Crippen molar-refractivity contribution < 1.29 is 28.6 Å². The Morgan fingerprint density at radius 2 is 1.31 bits per heavy atom. The molecular formula is C28H36N2O6. The SMILES string of the molecule is CCCOc1ccc(C(=O)NCCNC(=O)c2ccc(OC3CCC(C(=O)OCC)CC3)cc2)cc1. The minimum absolute atomic E-state index is 0.0358. The Hall–Kier alpha value is -3.55. The zero-order valence-electron chi connectivity index (χ0n) is 21.1. The van der Waals surface area contributed by atoms with Gasteiger partial charge in [-0.2, -0.15) is 0 Å². The maximum atomic E-state index is 12.4. The van der Waals surface area contributed by atoms with Crippen molar-refractivity contribution in [2.24, 2.45) is 5.92 Å². The van der Waals surface area contributed by atoms with E-state index in [1.54, 1.807) is 48.5 Å². The van der Waals surface area contributed by atoms with Crippen LogP contribution in [0.2, 0.25) is 0 Å². The Kier molecular flexibility index (Phi) is 10.6. The molecule has 1 aliphatic rings. The third-order valence-corrected chi connectivity index (χ3v) is 6.00. The molecule has 0 aromatic heterocycles. The molecule has 1 fully saturated rings. The smallest absolute Gasteiger partial charge is 0.308 e. The lowest BCUT2D eigenvalue weighted by molar-refractivity contribution is -0.149. The zero-order chi connectivity index (χ0) is 25.8. The first-order valence-electron chi connectivity index (χ1n) is 12.7. The van der Waals surface area contributed by atoms with Crippen LogP contribution >= 0.6 is 0 Å². The van der Waals surface area contributed by atoms with Gasteiger partial charge in [-0.25, -0.2) is 0 Å². The lowest BCUT2D eigenvalue weighted by atomic mass is 9.87. The van der Waals surface area contributed by atoms with E-state index in [0.717, 1.165) is 37.9 Å². The van der Waals surface area contributed by atoms with Crippen LogP contribution in [0.4, 0.5) is 0 Å². The first-order chi connectivity index (χ1) is 17.5. The fraction of sp³-hybridized carbons (Fsp3) is 0.464. The van der Waals surface area contributed by atoms with Crippen molar-refractivity contribution in [2.75, 3.05) is 26.3 Å². The number of rotatable bonds is 12. The zero-order valence-corrected chi connectivity index (χ0v) is 21.1. The molecule has 0 spiro atoms. The predicted molar refractivity (Wildman–Crippen MR) is 136 cm³/mol. The molecule has 0 radical (unpaired) electrons. The van der Waals surface area contributed by atoms with Crippen molar-refractivity contribution in [3.63, 3.8) is 0 Å². The standard InChI is InChI=1S/C28H36N2O6/c1-3-19-35-23-11-5-20(6-12-23)26(31)29-17-18-30-27(32)21-7-13-24(14-8-21)36-25-15-9-22(10-16-25)28(33)34-4-2/h5-8,11-14,22,25H,3-4,9-10,15-19H2,1-2H3,(H,29,31)(H,30,32). The maximum Gasteiger partial charge on any atom is 0.308 e. The topological polar surface area (TPSA) is 103 Å². The van der Waals surface area contributed by atoms with E-state index in [0.29, 0.717) is 43.2 Å². The summed E-state index contributed by atoms with van der Waals surface area (Å²) < 4.78 is 16.7. The molecule has 1 aliphatic carbocycles. The van der Waals surface area contributed by atoms with Gasteiger partial charge in [0.2, 0.25) is 0 Å². The van der Waals surface area contributed by atoms with E-state index in [9.17, 15) is 14.4 Å². The molecule has 194 valence electrons. The minimum Gasteiger partial charge on any atom is -0.494 e. The Labute approximate surface area is 212 Å². The second-order valence-corrected chi connectivity index (χ2v) is 8.75. The van der Waals surface area contributed by atoms with Gasteiger partial charge in [0.1, 0.15) is 11.5 Å². The van der Waals surface area contributed by atoms with Crippen molar-refractivity contribution in [3.05, 3.63) is 59.7 Å². The molecule has 2 aromatic carbocycles. The number of esters is 1. The van der Waals surface area contributed by atoms with Crippen LogP contribution in [0.1, 0.15) is 66.7 Å². The van der Waals surface area contributed by atoms with E-state index in [2.05, 4.69) is 10.6 Å². The summed E-state index contributed by atoms with van der Waals surface area (Å²) in [4.78, 5) is 36.6. The van der Waals surface area contributed by atoms with Crippen LogP contribution in [-0.4, -0.2) is 50.2 Å². The van der Waals surface area contributed by atoms with Crippen molar-refractivity contribution in [1.29, 1.82) is 0 Å².